The van der Waals surface area contributed by atoms with Gasteiger partial charge in [-0.05, 0) is 12.1 Å². The van der Waals surface area contributed by atoms with E-state index in [9.17, 15) is 0 Å². The maximum atomic E-state index is 4.64. The van der Waals surface area contributed by atoms with Crippen molar-refractivity contribution in [1.29, 1.82) is 0 Å². The molecule has 1 aromatic carbocycles. The van der Waals surface area contributed by atoms with Gasteiger partial charge in [0.1, 0.15) is 5.82 Å². The Bertz CT molecular complexity index is 459. The van der Waals surface area contributed by atoms with E-state index in [1.165, 1.54) is 11.3 Å². The summed E-state index contributed by atoms with van der Waals surface area (Å²) in [5, 5.41) is 3.38. The van der Waals surface area contributed by atoms with Gasteiger partial charge >= 0.3 is 0 Å². The van der Waals surface area contributed by atoms with Crippen molar-refractivity contribution in [1.82, 2.24) is 14.9 Å². The Morgan fingerprint density at radius 2 is 2.14 bits per heavy atom. The zero-order valence-corrected chi connectivity index (χ0v) is 8.03. The molecule has 72 valence electrons. The molecular weight excluding hydrogens is 174 g/mol. The lowest BCUT2D eigenvalue weighted by atomic mass is 10.3. The van der Waals surface area contributed by atoms with E-state index < -0.39 is 0 Å². The Morgan fingerprint density at radius 1 is 1.21 bits per heavy atom. The van der Waals surface area contributed by atoms with Crippen molar-refractivity contribution in [3.05, 3.63) is 30.1 Å². The van der Waals surface area contributed by atoms with E-state index in [2.05, 4.69) is 33.1 Å². The Balaban J connectivity index is 2.24. The highest BCUT2D eigenvalue weighted by atomic mass is 15.1. The zero-order chi connectivity index (χ0) is 9.38. The van der Waals surface area contributed by atoms with Crippen LogP contribution in [0.3, 0.4) is 0 Å². The first-order valence-electron chi connectivity index (χ1n) is 5.10. The van der Waals surface area contributed by atoms with Crippen molar-refractivity contribution in [2.24, 2.45) is 0 Å². The lowest BCUT2D eigenvalue weighted by Crippen LogP contribution is -2.17. The van der Waals surface area contributed by atoms with E-state index in [4.69, 9.17) is 0 Å². The molecule has 1 N–H and O–H groups in total. The predicted octanol–water partition coefficient (Wildman–Crippen LogP) is 1.18. The van der Waals surface area contributed by atoms with Crippen LogP contribution in [0.25, 0.3) is 11.0 Å². The third-order valence-electron chi connectivity index (χ3n) is 2.77. The fourth-order valence-electron chi connectivity index (χ4n) is 2.08. The number of benzene rings is 1. The van der Waals surface area contributed by atoms with Gasteiger partial charge in [0.05, 0.1) is 11.0 Å². The van der Waals surface area contributed by atoms with Crippen LogP contribution in [-0.4, -0.2) is 22.6 Å². The highest BCUT2D eigenvalue weighted by Crippen LogP contribution is 2.16. The SMILES string of the molecule is c1ccc2c(c1)nc1n2CCNCC1. The standard InChI is InChI=1S/C11H13N3/c1-2-4-10-9(3-1)13-11-5-6-12-7-8-14(10)11/h1-4,12H,5-8H2. The van der Waals surface area contributed by atoms with Crippen LogP contribution in [0, 0.1) is 0 Å². The molecular formula is C11H13N3. The summed E-state index contributed by atoms with van der Waals surface area (Å²) in [6, 6.07) is 8.37. The smallest absolute Gasteiger partial charge is 0.111 e. The van der Waals surface area contributed by atoms with Gasteiger partial charge in [-0.25, -0.2) is 4.98 Å². The number of para-hydroxylation sites is 2. The van der Waals surface area contributed by atoms with Crippen LogP contribution in [0.4, 0.5) is 0 Å². The number of imidazole rings is 1. The Labute approximate surface area is 82.8 Å². The Kier molecular flexibility index (Phi) is 1.77. The van der Waals surface area contributed by atoms with Crippen LogP contribution in [0.5, 0.6) is 0 Å². The Morgan fingerprint density at radius 3 is 3.14 bits per heavy atom. The van der Waals surface area contributed by atoms with Gasteiger partial charge in [-0.1, -0.05) is 12.1 Å². The predicted molar refractivity (Wildman–Crippen MR) is 56.3 cm³/mol. The fraction of sp³-hybridized carbons (Fsp3) is 0.364. The van der Waals surface area contributed by atoms with Crippen molar-refractivity contribution in [2.75, 3.05) is 13.1 Å². The van der Waals surface area contributed by atoms with Crippen LogP contribution in [0.15, 0.2) is 24.3 Å². The zero-order valence-electron chi connectivity index (χ0n) is 8.03. The van der Waals surface area contributed by atoms with Crippen molar-refractivity contribution in [2.45, 2.75) is 13.0 Å². The molecule has 0 radical (unpaired) electrons. The molecule has 0 atom stereocenters. The largest absolute Gasteiger partial charge is 0.327 e. The molecule has 1 aliphatic rings. The molecule has 0 bridgehead atoms. The minimum atomic E-state index is 1.04. The lowest BCUT2D eigenvalue weighted by Gasteiger charge is -2.02. The monoisotopic (exact) mass is 187 g/mol. The molecule has 0 unspecified atom stereocenters. The third-order valence-corrected chi connectivity index (χ3v) is 2.77. The molecule has 3 heteroatoms. The van der Waals surface area contributed by atoms with Gasteiger partial charge in [-0.3, -0.25) is 0 Å². The van der Waals surface area contributed by atoms with Gasteiger partial charge in [0, 0.05) is 26.1 Å². The first-order chi connectivity index (χ1) is 6.95. The van der Waals surface area contributed by atoms with Gasteiger partial charge in [-0.2, -0.15) is 0 Å². The number of nitrogens with zero attached hydrogens (tertiary/aromatic N) is 2. The van der Waals surface area contributed by atoms with Gasteiger partial charge < -0.3 is 9.88 Å². The van der Waals surface area contributed by atoms with Crippen LogP contribution < -0.4 is 5.32 Å². The summed E-state index contributed by atoms with van der Waals surface area (Å²) >= 11 is 0. The van der Waals surface area contributed by atoms with Crippen molar-refractivity contribution in [3.8, 4) is 0 Å². The summed E-state index contributed by atoms with van der Waals surface area (Å²) in [4.78, 5) is 4.64. The second kappa shape index (κ2) is 3.10. The van der Waals surface area contributed by atoms with Crippen molar-refractivity contribution < 1.29 is 0 Å². The molecule has 14 heavy (non-hydrogen) atoms. The van der Waals surface area contributed by atoms with Gasteiger partial charge in [-0.15, -0.1) is 0 Å². The average molecular weight is 187 g/mol. The van der Waals surface area contributed by atoms with E-state index in [-0.39, 0.29) is 0 Å². The maximum Gasteiger partial charge on any atom is 0.111 e. The summed E-state index contributed by atoms with van der Waals surface area (Å²) in [5.74, 6) is 1.22. The molecule has 1 aromatic heterocycles. The highest BCUT2D eigenvalue weighted by Gasteiger charge is 2.11. The number of hydrogen-bond donors (Lipinski definition) is 1. The molecule has 2 aromatic rings. The molecule has 3 rings (SSSR count). The first-order valence-corrected chi connectivity index (χ1v) is 5.10. The summed E-state index contributed by atoms with van der Waals surface area (Å²) in [5.41, 5.74) is 2.40. The number of aromatic nitrogens is 2. The molecule has 3 nitrogen and oxygen atoms in total. The molecule has 0 spiro atoms. The van der Waals surface area contributed by atoms with E-state index in [0.717, 1.165) is 31.6 Å². The summed E-state index contributed by atoms with van der Waals surface area (Å²) in [6.07, 6.45) is 1.04. The topological polar surface area (TPSA) is 29.9 Å². The molecule has 2 heterocycles. The van der Waals surface area contributed by atoms with Crippen LogP contribution in [-0.2, 0) is 13.0 Å². The summed E-state index contributed by atoms with van der Waals surface area (Å²) < 4.78 is 2.33. The summed E-state index contributed by atoms with van der Waals surface area (Å²) in [6.45, 7) is 3.13. The normalized spacial score (nSPS) is 16.6. The van der Waals surface area contributed by atoms with Crippen LogP contribution in [0.2, 0.25) is 0 Å². The van der Waals surface area contributed by atoms with Crippen LogP contribution >= 0.6 is 0 Å². The quantitative estimate of drug-likeness (QED) is 0.671. The van der Waals surface area contributed by atoms with Crippen molar-refractivity contribution in [3.63, 3.8) is 0 Å². The second-order valence-electron chi connectivity index (χ2n) is 3.67. The molecule has 0 saturated carbocycles. The Hall–Kier alpha value is -1.35. The van der Waals surface area contributed by atoms with Gasteiger partial charge in [0.25, 0.3) is 0 Å². The average Bonchev–Trinajstić information content (AvgIpc) is 2.42. The minimum absolute atomic E-state index is 1.04. The lowest BCUT2D eigenvalue weighted by molar-refractivity contribution is 0.657. The fourth-order valence-corrected chi connectivity index (χ4v) is 2.08. The molecule has 1 aliphatic heterocycles. The van der Waals surface area contributed by atoms with Gasteiger partial charge in [0.15, 0.2) is 0 Å². The van der Waals surface area contributed by atoms with Crippen molar-refractivity contribution >= 4 is 11.0 Å². The first kappa shape index (κ1) is 8.00. The van der Waals surface area contributed by atoms with Crippen LogP contribution in [0.1, 0.15) is 5.82 Å². The number of fused-ring (bicyclic) bond motifs is 3. The van der Waals surface area contributed by atoms with E-state index in [1.807, 2.05) is 6.07 Å². The molecule has 0 aliphatic carbocycles. The number of hydrogen-bond acceptors (Lipinski definition) is 2. The maximum absolute atomic E-state index is 4.64. The molecule has 0 fully saturated rings. The number of nitrogens with one attached hydrogen (secondary N) is 1. The second-order valence-corrected chi connectivity index (χ2v) is 3.67. The minimum Gasteiger partial charge on any atom is -0.327 e. The highest BCUT2D eigenvalue weighted by molar-refractivity contribution is 5.75. The molecule has 0 amide bonds. The van der Waals surface area contributed by atoms with E-state index in [0.29, 0.717) is 0 Å². The summed E-state index contributed by atoms with van der Waals surface area (Å²) in [7, 11) is 0. The number of rotatable bonds is 0. The molecule has 0 saturated heterocycles. The van der Waals surface area contributed by atoms with E-state index in [1.54, 1.807) is 0 Å². The third kappa shape index (κ3) is 1.13. The van der Waals surface area contributed by atoms with E-state index >= 15 is 0 Å². The van der Waals surface area contributed by atoms with Gasteiger partial charge in [0.2, 0.25) is 0 Å².